The highest BCUT2D eigenvalue weighted by molar-refractivity contribution is 5.92. The Bertz CT molecular complexity index is 590. The lowest BCUT2D eigenvalue weighted by molar-refractivity contribution is 0.100. The summed E-state index contributed by atoms with van der Waals surface area (Å²) in [5, 5.41) is 0. The molecule has 4 N–H and O–H groups in total. The Hall–Kier alpha value is -2.33. The molecule has 0 aliphatic rings. The number of amides is 1. The molecule has 0 spiro atoms. The summed E-state index contributed by atoms with van der Waals surface area (Å²) >= 11 is 0. The van der Waals surface area contributed by atoms with Gasteiger partial charge in [-0.05, 0) is 41.9 Å². The van der Waals surface area contributed by atoms with Crippen molar-refractivity contribution in [3.63, 3.8) is 0 Å². The summed E-state index contributed by atoms with van der Waals surface area (Å²) in [4.78, 5) is 13.4. The zero-order valence-corrected chi connectivity index (χ0v) is 12.3. The predicted molar refractivity (Wildman–Crippen MR) is 85.6 cm³/mol. The van der Waals surface area contributed by atoms with E-state index < -0.39 is 5.91 Å². The maximum absolute atomic E-state index is 11.1. The van der Waals surface area contributed by atoms with Crippen LogP contribution in [0.5, 0.6) is 0 Å². The van der Waals surface area contributed by atoms with Crippen LogP contribution < -0.4 is 11.5 Å². The maximum atomic E-state index is 11.1. The van der Waals surface area contributed by atoms with E-state index in [4.69, 9.17) is 11.5 Å². The topological polar surface area (TPSA) is 72.3 Å². The number of carbonyl (C=O) groups is 1. The van der Waals surface area contributed by atoms with Gasteiger partial charge in [-0.2, -0.15) is 0 Å². The lowest BCUT2D eigenvalue weighted by atomic mass is 10.1. The Morgan fingerprint density at radius 1 is 0.952 bits per heavy atom. The van der Waals surface area contributed by atoms with E-state index >= 15 is 0 Å². The number of primary amides is 1. The second kappa shape index (κ2) is 6.90. The van der Waals surface area contributed by atoms with Gasteiger partial charge in [0.25, 0.3) is 0 Å². The number of nitrogen functional groups attached to an aromatic ring is 1. The van der Waals surface area contributed by atoms with Crippen LogP contribution in [0.2, 0.25) is 0 Å². The Labute approximate surface area is 125 Å². The van der Waals surface area contributed by atoms with Crippen molar-refractivity contribution in [2.45, 2.75) is 20.0 Å². The number of benzene rings is 2. The lowest BCUT2D eigenvalue weighted by Crippen LogP contribution is -2.22. The van der Waals surface area contributed by atoms with Crippen molar-refractivity contribution in [3.8, 4) is 0 Å². The minimum atomic E-state index is -0.393. The van der Waals surface area contributed by atoms with Crippen molar-refractivity contribution in [2.24, 2.45) is 5.73 Å². The third-order valence-electron chi connectivity index (χ3n) is 3.48. The molecule has 4 heteroatoms. The van der Waals surface area contributed by atoms with Gasteiger partial charge in [-0.1, -0.05) is 31.2 Å². The van der Waals surface area contributed by atoms with Gasteiger partial charge in [0.15, 0.2) is 0 Å². The second-order valence-corrected chi connectivity index (χ2v) is 5.11. The molecule has 21 heavy (non-hydrogen) atoms. The summed E-state index contributed by atoms with van der Waals surface area (Å²) < 4.78 is 0. The molecule has 2 aromatic carbocycles. The summed E-state index contributed by atoms with van der Waals surface area (Å²) in [6.45, 7) is 4.78. The summed E-state index contributed by atoms with van der Waals surface area (Å²) in [6, 6.07) is 15.4. The number of carbonyl (C=O) groups excluding carboxylic acids is 1. The van der Waals surface area contributed by atoms with E-state index in [-0.39, 0.29) is 0 Å². The van der Waals surface area contributed by atoms with Gasteiger partial charge in [0.1, 0.15) is 0 Å². The number of hydrogen-bond donors (Lipinski definition) is 2. The SMILES string of the molecule is CCN(Cc1ccc(N)cc1)Cc1ccc(C(N)=O)cc1. The molecule has 0 heterocycles. The number of rotatable bonds is 6. The van der Waals surface area contributed by atoms with Gasteiger partial charge in [-0.25, -0.2) is 0 Å². The molecule has 1 amide bonds. The van der Waals surface area contributed by atoms with E-state index in [1.165, 1.54) is 5.56 Å². The van der Waals surface area contributed by atoms with Crippen LogP contribution in [0, 0.1) is 0 Å². The first-order valence-electron chi connectivity index (χ1n) is 7.04. The van der Waals surface area contributed by atoms with Crippen LogP contribution in [0.4, 0.5) is 5.69 Å². The monoisotopic (exact) mass is 283 g/mol. The van der Waals surface area contributed by atoms with Gasteiger partial charge in [-0.3, -0.25) is 9.69 Å². The molecule has 110 valence electrons. The highest BCUT2D eigenvalue weighted by Gasteiger charge is 2.06. The van der Waals surface area contributed by atoms with Crippen molar-refractivity contribution in [1.82, 2.24) is 4.90 Å². The van der Waals surface area contributed by atoms with Crippen LogP contribution in [-0.2, 0) is 13.1 Å². The molecule has 0 saturated heterocycles. The minimum absolute atomic E-state index is 0.393. The van der Waals surface area contributed by atoms with Gasteiger partial charge in [0, 0.05) is 24.3 Å². The number of anilines is 1. The van der Waals surface area contributed by atoms with Crippen LogP contribution in [0.1, 0.15) is 28.4 Å². The van der Waals surface area contributed by atoms with E-state index in [2.05, 4.69) is 11.8 Å². The Kier molecular flexibility index (Phi) is 4.95. The molecule has 0 saturated carbocycles. The quantitative estimate of drug-likeness (QED) is 0.800. The van der Waals surface area contributed by atoms with Crippen molar-refractivity contribution in [3.05, 3.63) is 65.2 Å². The summed E-state index contributed by atoms with van der Waals surface area (Å²) in [7, 11) is 0. The number of nitrogens with zero attached hydrogens (tertiary/aromatic N) is 1. The third-order valence-corrected chi connectivity index (χ3v) is 3.48. The third kappa shape index (κ3) is 4.33. The zero-order chi connectivity index (χ0) is 15.2. The number of hydrogen-bond acceptors (Lipinski definition) is 3. The predicted octanol–water partition coefficient (Wildman–Crippen LogP) is 2.39. The summed E-state index contributed by atoms with van der Waals surface area (Å²) in [6.07, 6.45) is 0. The smallest absolute Gasteiger partial charge is 0.248 e. The van der Waals surface area contributed by atoms with Crippen molar-refractivity contribution in [1.29, 1.82) is 0 Å². The molecule has 0 aliphatic heterocycles. The van der Waals surface area contributed by atoms with E-state index in [1.54, 1.807) is 12.1 Å². The molecule has 4 nitrogen and oxygen atoms in total. The molecule has 0 unspecified atom stereocenters. The minimum Gasteiger partial charge on any atom is -0.399 e. The first kappa shape index (κ1) is 15.1. The van der Waals surface area contributed by atoms with Crippen LogP contribution in [0.15, 0.2) is 48.5 Å². The molecular weight excluding hydrogens is 262 g/mol. The normalized spacial score (nSPS) is 10.8. The molecular formula is C17H21N3O. The fourth-order valence-electron chi connectivity index (χ4n) is 2.19. The molecule has 2 rings (SSSR count). The molecule has 0 atom stereocenters. The maximum Gasteiger partial charge on any atom is 0.248 e. The Morgan fingerprint density at radius 3 is 1.86 bits per heavy atom. The highest BCUT2D eigenvalue weighted by Crippen LogP contribution is 2.12. The molecule has 0 radical (unpaired) electrons. The van der Waals surface area contributed by atoms with Gasteiger partial charge in [0.2, 0.25) is 5.91 Å². The van der Waals surface area contributed by atoms with Crippen molar-refractivity contribution < 1.29 is 4.79 Å². The van der Waals surface area contributed by atoms with Gasteiger partial charge in [0.05, 0.1) is 0 Å². The van der Waals surface area contributed by atoms with Crippen LogP contribution >= 0.6 is 0 Å². The molecule has 0 fully saturated rings. The molecule has 0 bridgehead atoms. The second-order valence-electron chi connectivity index (χ2n) is 5.11. The van der Waals surface area contributed by atoms with E-state index in [1.807, 2.05) is 36.4 Å². The van der Waals surface area contributed by atoms with Crippen LogP contribution in [0.25, 0.3) is 0 Å². The fraction of sp³-hybridized carbons (Fsp3) is 0.235. The molecule has 0 aliphatic carbocycles. The van der Waals surface area contributed by atoms with E-state index in [0.717, 1.165) is 30.9 Å². The van der Waals surface area contributed by atoms with E-state index in [0.29, 0.717) is 5.56 Å². The highest BCUT2D eigenvalue weighted by atomic mass is 16.1. The van der Waals surface area contributed by atoms with E-state index in [9.17, 15) is 4.79 Å². The Balaban J connectivity index is 2.01. The first-order chi connectivity index (χ1) is 10.1. The standard InChI is InChI=1S/C17H21N3O/c1-2-20(12-14-5-9-16(18)10-6-14)11-13-3-7-15(8-4-13)17(19)21/h3-10H,2,11-12,18H2,1H3,(H2,19,21). The first-order valence-corrected chi connectivity index (χ1v) is 7.04. The van der Waals surface area contributed by atoms with Crippen molar-refractivity contribution in [2.75, 3.05) is 12.3 Å². The average molecular weight is 283 g/mol. The average Bonchev–Trinajstić information content (AvgIpc) is 2.49. The molecule has 2 aromatic rings. The largest absolute Gasteiger partial charge is 0.399 e. The van der Waals surface area contributed by atoms with Gasteiger partial charge < -0.3 is 11.5 Å². The van der Waals surface area contributed by atoms with Gasteiger partial charge >= 0.3 is 0 Å². The number of nitrogens with two attached hydrogens (primary N) is 2. The van der Waals surface area contributed by atoms with Crippen LogP contribution in [-0.4, -0.2) is 17.4 Å². The van der Waals surface area contributed by atoms with Crippen LogP contribution in [0.3, 0.4) is 0 Å². The van der Waals surface area contributed by atoms with Crippen molar-refractivity contribution >= 4 is 11.6 Å². The Morgan fingerprint density at radius 2 is 1.43 bits per heavy atom. The summed E-state index contributed by atoms with van der Waals surface area (Å²) in [5.41, 5.74) is 14.7. The molecule has 0 aromatic heterocycles. The van der Waals surface area contributed by atoms with Gasteiger partial charge in [-0.15, -0.1) is 0 Å². The zero-order valence-electron chi connectivity index (χ0n) is 12.3. The fourth-order valence-corrected chi connectivity index (χ4v) is 2.19. The lowest BCUT2D eigenvalue weighted by Gasteiger charge is -2.20. The summed E-state index contributed by atoms with van der Waals surface area (Å²) in [5.74, 6) is -0.393.